The van der Waals surface area contributed by atoms with Crippen LogP contribution >= 0.6 is 0 Å². The molecule has 2 heterocycles. The lowest BCUT2D eigenvalue weighted by atomic mass is 10.2. The highest BCUT2D eigenvalue weighted by atomic mass is 16.2. The number of urea groups is 1. The monoisotopic (exact) mass is 149 g/mol. The van der Waals surface area contributed by atoms with Gasteiger partial charge in [-0.25, -0.2) is 4.79 Å². The Bertz CT molecular complexity index is 338. The van der Waals surface area contributed by atoms with Gasteiger partial charge in [0.05, 0.1) is 11.8 Å². The van der Waals surface area contributed by atoms with Gasteiger partial charge in [0.15, 0.2) is 0 Å². The third kappa shape index (κ3) is 0.778. The molecule has 0 saturated carbocycles. The number of nitrogens with zero attached hydrogens (tertiary/aromatic N) is 2. The van der Waals surface area contributed by atoms with E-state index in [1.807, 2.05) is 5.32 Å². The van der Waals surface area contributed by atoms with Gasteiger partial charge in [-0.3, -0.25) is 15.1 Å². The second kappa shape index (κ2) is 1.85. The maximum Gasteiger partial charge on any atom is 0.348 e. The van der Waals surface area contributed by atoms with Crippen LogP contribution in [-0.4, -0.2) is 23.9 Å². The topological polar surface area (TPSA) is 70.9 Å². The minimum absolute atomic E-state index is 0.346. The van der Waals surface area contributed by atoms with Crippen molar-refractivity contribution in [3.8, 4) is 0 Å². The smallest absolute Gasteiger partial charge is 0.272 e. The number of carbonyl (C=O) groups is 2. The normalized spacial score (nSPS) is 20.7. The number of carbonyl (C=O) groups excluding carboxylic acids is 2. The summed E-state index contributed by atoms with van der Waals surface area (Å²) < 4.78 is 0. The van der Waals surface area contributed by atoms with Gasteiger partial charge in [-0.05, 0) is 0 Å². The predicted octanol–water partition coefficient (Wildman–Crippen LogP) is -0.354. The molecule has 0 aromatic rings. The Labute approximate surface area is 61.5 Å². The number of amides is 3. The molecule has 1 N–H and O–H groups in total. The molecule has 0 fully saturated rings. The molecule has 2 aliphatic heterocycles. The molecule has 0 unspecified atom stereocenters. The summed E-state index contributed by atoms with van der Waals surface area (Å²) in [6.45, 7) is 0. The fourth-order valence-corrected chi connectivity index (χ4v) is 0.884. The Hall–Kier alpha value is -1.78. The first-order valence-electron chi connectivity index (χ1n) is 2.95. The molecule has 0 spiro atoms. The quantitative estimate of drug-likeness (QED) is 0.511. The number of hydrogen-bond donors (Lipinski definition) is 1. The summed E-state index contributed by atoms with van der Waals surface area (Å²) in [6, 6.07) is -0.629. The third-order valence-corrected chi connectivity index (χ3v) is 1.36. The van der Waals surface area contributed by atoms with Crippen molar-refractivity contribution < 1.29 is 9.59 Å². The maximum absolute atomic E-state index is 10.9. The van der Waals surface area contributed by atoms with Gasteiger partial charge in [0.2, 0.25) is 0 Å². The molecule has 0 saturated heterocycles. The van der Waals surface area contributed by atoms with Gasteiger partial charge in [-0.1, -0.05) is 0 Å². The summed E-state index contributed by atoms with van der Waals surface area (Å²) >= 11 is 0. The van der Waals surface area contributed by atoms with Gasteiger partial charge in [0.1, 0.15) is 5.71 Å². The van der Waals surface area contributed by atoms with Crippen molar-refractivity contribution >= 4 is 23.9 Å². The highest BCUT2D eigenvalue weighted by molar-refractivity contribution is 6.50. The summed E-state index contributed by atoms with van der Waals surface area (Å²) in [7, 11) is 0. The van der Waals surface area contributed by atoms with Crippen molar-refractivity contribution in [1.29, 1.82) is 0 Å². The van der Waals surface area contributed by atoms with E-state index in [-0.39, 0.29) is 0 Å². The average Bonchev–Trinajstić information content (AvgIpc) is 2.34. The Morgan fingerprint density at radius 3 is 3.00 bits per heavy atom. The van der Waals surface area contributed by atoms with Crippen LogP contribution in [0.1, 0.15) is 0 Å². The lowest BCUT2D eigenvalue weighted by Gasteiger charge is -2.07. The highest BCUT2D eigenvalue weighted by Crippen LogP contribution is 2.08. The molecular weight excluding hydrogens is 146 g/mol. The lowest BCUT2D eigenvalue weighted by Crippen LogP contribution is -2.36. The SMILES string of the molecule is O=C1N=C2C=NC=C2C(=O)N1. The Morgan fingerprint density at radius 2 is 2.18 bits per heavy atom. The predicted molar refractivity (Wildman–Crippen MR) is 37.5 cm³/mol. The van der Waals surface area contributed by atoms with Gasteiger partial charge in [-0.2, -0.15) is 4.99 Å². The summed E-state index contributed by atoms with van der Waals surface area (Å²) in [5, 5.41) is 2.04. The molecule has 0 aromatic heterocycles. The maximum atomic E-state index is 10.9. The number of hydrogen-bond acceptors (Lipinski definition) is 3. The Kier molecular flexibility index (Phi) is 1.00. The molecule has 0 aliphatic carbocycles. The fraction of sp³-hybridized carbons (Fsp3) is 0. The Balaban J connectivity index is 2.53. The highest BCUT2D eigenvalue weighted by Gasteiger charge is 2.25. The van der Waals surface area contributed by atoms with Crippen molar-refractivity contribution in [2.45, 2.75) is 0 Å². The summed E-state index contributed by atoms with van der Waals surface area (Å²) in [6.07, 6.45) is 2.76. The van der Waals surface area contributed by atoms with E-state index in [4.69, 9.17) is 0 Å². The molecule has 0 bridgehead atoms. The van der Waals surface area contributed by atoms with E-state index in [0.717, 1.165) is 0 Å². The summed E-state index contributed by atoms with van der Waals surface area (Å²) in [5.74, 6) is -0.433. The molecule has 5 heteroatoms. The second-order valence-electron chi connectivity index (χ2n) is 2.08. The van der Waals surface area contributed by atoms with Crippen LogP contribution < -0.4 is 5.32 Å². The zero-order chi connectivity index (χ0) is 7.84. The molecule has 3 amide bonds. The van der Waals surface area contributed by atoms with Crippen LogP contribution in [0.2, 0.25) is 0 Å². The van der Waals surface area contributed by atoms with Gasteiger partial charge < -0.3 is 0 Å². The van der Waals surface area contributed by atoms with Crippen LogP contribution in [0.5, 0.6) is 0 Å². The number of aliphatic imine (C=N–C) groups is 2. The average molecular weight is 149 g/mol. The lowest BCUT2D eigenvalue weighted by molar-refractivity contribution is -0.116. The van der Waals surface area contributed by atoms with E-state index in [0.29, 0.717) is 11.3 Å². The van der Waals surface area contributed by atoms with Crippen LogP contribution in [0.15, 0.2) is 21.8 Å². The van der Waals surface area contributed by atoms with E-state index < -0.39 is 11.9 Å². The number of rotatable bonds is 0. The summed E-state index contributed by atoms with van der Waals surface area (Å²) in [4.78, 5) is 28.7. The summed E-state index contributed by atoms with van der Waals surface area (Å²) in [5.41, 5.74) is 0.698. The molecule has 5 nitrogen and oxygen atoms in total. The largest absolute Gasteiger partial charge is 0.348 e. The van der Waals surface area contributed by atoms with Crippen LogP contribution in [0.4, 0.5) is 4.79 Å². The van der Waals surface area contributed by atoms with E-state index >= 15 is 0 Å². The van der Waals surface area contributed by atoms with Crippen molar-refractivity contribution in [3.63, 3.8) is 0 Å². The standard InChI is InChI=1S/C6H3N3O2/c10-5-3-1-7-2-4(3)8-6(11)9-5/h1-2H,(H,9,10,11). The molecular formula is C6H3N3O2. The van der Waals surface area contributed by atoms with Crippen LogP contribution in [0, 0.1) is 0 Å². The van der Waals surface area contributed by atoms with Crippen LogP contribution in [-0.2, 0) is 4.79 Å². The molecule has 0 aromatic carbocycles. The van der Waals surface area contributed by atoms with Gasteiger partial charge in [0.25, 0.3) is 5.91 Å². The zero-order valence-corrected chi connectivity index (χ0v) is 5.37. The molecule has 0 radical (unpaired) electrons. The third-order valence-electron chi connectivity index (χ3n) is 1.36. The molecule has 11 heavy (non-hydrogen) atoms. The minimum Gasteiger partial charge on any atom is -0.272 e. The minimum atomic E-state index is -0.629. The molecule has 2 aliphatic rings. The number of imide groups is 1. The fourth-order valence-electron chi connectivity index (χ4n) is 0.884. The molecule has 54 valence electrons. The van der Waals surface area contributed by atoms with E-state index in [9.17, 15) is 9.59 Å². The van der Waals surface area contributed by atoms with E-state index in [2.05, 4.69) is 9.98 Å². The van der Waals surface area contributed by atoms with Gasteiger partial charge >= 0.3 is 6.03 Å². The van der Waals surface area contributed by atoms with Crippen LogP contribution in [0.25, 0.3) is 0 Å². The van der Waals surface area contributed by atoms with Gasteiger partial charge in [0, 0.05) is 6.20 Å². The molecule has 0 atom stereocenters. The van der Waals surface area contributed by atoms with Gasteiger partial charge in [-0.15, -0.1) is 0 Å². The first-order valence-corrected chi connectivity index (χ1v) is 2.95. The first-order chi connectivity index (χ1) is 5.27. The van der Waals surface area contributed by atoms with Crippen molar-refractivity contribution in [2.24, 2.45) is 9.98 Å². The first kappa shape index (κ1) is 5.96. The van der Waals surface area contributed by atoms with E-state index in [1.165, 1.54) is 12.4 Å². The van der Waals surface area contributed by atoms with Crippen LogP contribution in [0.3, 0.4) is 0 Å². The van der Waals surface area contributed by atoms with Crippen molar-refractivity contribution in [2.75, 3.05) is 0 Å². The number of fused-ring (bicyclic) bond motifs is 1. The Morgan fingerprint density at radius 1 is 1.36 bits per heavy atom. The van der Waals surface area contributed by atoms with Crippen molar-refractivity contribution in [1.82, 2.24) is 5.32 Å². The number of nitrogens with one attached hydrogen (secondary N) is 1. The zero-order valence-electron chi connectivity index (χ0n) is 5.37. The molecule has 2 rings (SSSR count). The van der Waals surface area contributed by atoms with Crippen molar-refractivity contribution in [3.05, 3.63) is 11.8 Å². The second-order valence-corrected chi connectivity index (χ2v) is 2.08. The van der Waals surface area contributed by atoms with E-state index in [1.54, 1.807) is 0 Å².